The number of H-pyrrole nitrogens is 1. The van der Waals surface area contributed by atoms with Crippen molar-refractivity contribution in [2.45, 2.75) is 19.8 Å². The van der Waals surface area contributed by atoms with Crippen LogP contribution in [0.15, 0.2) is 16.9 Å². The maximum absolute atomic E-state index is 5.25. The molecule has 0 aliphatic carbocycles. The molecule has 4 nitrogen and oxygen atoms in total. The average molecular weight is 313 g/mol. The molecule has 2 heterocycles. The highest BCUT2D eigenvalue weighted by molar-refractivity contribution is 9.10. The maximum Gasteiger partial charge on any atom is 0.175 e. The summed E-state index contributed by atoms with van der Waals surface area (Å²) >= 11 is 8.72. The fourth-order valence-corrected chi connectivity index (χ4v) is 2.42. The zero-order valence-electron chi connectivity index (χ0n) is 9.86. The minimum atomic E-state index is 0.341. The number of imidazole rings is 1. The largest absolute Gasteiger partial charge is 0.339 e. The van der Waals surface area contributed by atoms with Crippen LogP contribution in [0.1, 0.15) is 25.5 Å². The Hall–Kier alpha value is -1.01. The molecule has 0 saturated heterocycles. The van der Waals surface area contributed by atoms with E-state index in [1.165, 1.54) is 0 Å². The summed E-state index contributed by atoms with van der Waals surface area (Å²) in [7, 11) is 1.93. The lowest BCUT2D eigenvalue weighted by molar-refractivity contribution is 0.799. The second-order valence-electron chi connectivity index (χ2n) is 4.13. The van der Waals surface area contributed by atoms with Crippen molar-refractivity contribution < 1.29 is 0 Å². The molecule has 0 fully saturated rings. The van der Waals surface area contributed by atoms with Crippen molar-refractivity contribution in [3.63, 3.8) is 0 Å². The molecule has 0 atom stereocenters. The van der Waals surface area contributed by atoms with E-state index >= 15 is 0 Å². The Morgan fingerprint density at radius 2 is 2.18 bits per heavy atom. The molecule has 0 aromatic carbocycles. The van der Waals surface area contributed by atoms with Crippen LogP contribution >= 0.6 is 28.1 Å². The first-order valence-corrected chi connectivity index (χ1v) is 6.48. The monoisotopic (exact) mass is 312 g/mol. The number of halogens is 1. The van der Waals surface area contributed by atoms with Gasteiger partial charge in [0.25, 0.3) is 0 Å². The fourth-order valence-electron chi connectivity index (χ4n) is 1.57. The highest BCUT2D eigenvalue weighted by atomic mass is 79.9. The van der Waals surface area contributed by atoms with Gasteiger partial charge in [-0.05, 0) is 21.8 Å². The van der Waals surface area contributed by atoms with E-state index in [0.717, 1.165) is 16.0 Å². The zero-order valence-corrected chi connectivity index (χ0v) is 12.3. The van der Waals surface area contributed by atoms with Crippen LogP contribution in [0.25, 0.3) is 11.6 Å². The van der Waals surface area contributed by atoms with Gasteiger partial charge in [0.2, 0.25) is 0 Å². The molecule has 2 aromatic rings. The third kappa shape index (κ3) is 2.32. The Kier molecular flexibility index (Phi) is 3.44. The van der Waals surface area contributed by atoms with Gasteiger partial charge in [0.05, 0.1) is 4.47 Å². The number of nitrogens with one attached hydrogen (secondary N) is 1. The van der Waals surface area contributed by atoms with Crippen LogP contribution in [0.3, 0.4) is 0 Å². The molecule has 6 heteroatoms. The van der Waals surface area contributed by atoms with Crippen LogP contribution < -0.4 is 0 Å². The molecule has 0 spiro atoms. The molecule has 0 bridgehead atoms. The van der Waals surface area contributed by atoms with E-state index in [4.69, 9.17) is 12.2 Å². The summed E-state index contributed by atoms with van der Waals surface area (Å²) in [5, 5.41) is 0. The lowest BCUT2D eigenvalue weighted by Gasteiger charge is -2.11. The number of nitrogens with zero attached hydrogens (tertiary/aromatic N) is 3. The first-order valence-electron chi connectivity index (χ1n) is 5.28. The molecule has 2 rings (SSSR count). The van der Waals surface area contributed by atoms with Gasteiger partial charge >= 0.3 is 0 Å². The summed E-state index contributed by atoms with van der Waals surface area (Å²) < 4.78 is 3.33. The van der Waals surface area contributed by atoms with Crippen LogP contribution in [-0.2, 0) is 7.05 Å². The summed E-state index contributed by atoms with van der Waals surface area (Å²) in [4.78, 5) is 11.9. The first kappa shape index (κ1) is 12.4. The van der Waals surface area contributed by atoms with E-state index in [1.54, 1.807) is 6.20 Å². The van der Waals surface area contributed by atoms with E-state index in [9.17, 15) is 0 Å². The van der Waals surface area contributed by atoms with Crippen LogP contribution in [0, 0.1) is 4.64 Å². The molecule has 0 radical (unpaired) electrons. The van der Waals surface area contributed by atoms with E-state index < -0.39 is 0 Å². The van der Waals surface area contributed by atoms with E-state index in [2.05, 4.69) is 44.7 Å². The van der Waals surface area contributed by atoms with Crippen molar-refractivity contribution in [3.05, 3.63) is 27.2 Å². The number of hydrogen-bond donors (Lipinski definition) is 1. The number of aryl methyl sites for hydroxylation is 1. The molecule has 2 aromatic heterocycles. The minimum Gasteiger partial charge on any atom is -0.339 e. The van der Waals surface area contributed by atoms with Gasteiger partial charge in [-0.1, -0.05) is 26.1 Å². The van der Waals surface area contributed by atoms with Gasteiger partial charge in [0, 0.05) is 25.1 Å². The lowest BCUT2D eigenvalue weighted by Crippen LogP contribution is -2.03. The molecule has 0 aliphatic rings. The van der Waals surface area contributed by atoms with E-state index in [1.807, 2.05) is 17.8 Å². The van der Waals surface area contributed by atoms with Gasteiger partial charge < -0.3 is 9.55 Å². The van der Waals surface area contributed by atoms with Crippen LogP contribution in [0.4, 0.5) is 0 Å². The van der Waals surface area contributed by atoms with Gasteiger partial charge in [0.1, 0.15) is 4.64 Å². The molecule has 0 saturated carbocycles. The highest BCUT2D eigenvalue weighted by Gasteiger charge is 2.12. The van der Waals surface area contributed by atoms with Crippen molar-refractivity contribution in [2.24, 2.45) is 7.05 Å². The summed E-state index contributed by atoms with van der Waals surface area (Å²) in [5.74, 6) is 1.83. The van der Waals surface area contributed by atoms with Crippen molar-refractivity contribution in [1.29, 1.82) is 0 Å². The van der Waals surface area contributed by atoms with Crippen molar-refractivity contribution in [3.8, 4) is 11.6 Å². The SMILES string of the molecule is CC(C)c1[nH]c(-c2nccn2C)nc(=S)c1Br. The van der Waals surface area contributed by atoms with Crippen molar-refractivity contribution in [1.82, 2.24) is 19.5 Å². The van der Waals surface area contributed by atoms with Crippen LogP contribution in [0.5, 0.6) is 0 Å². The quantitative estimate of drug-likeness (QED) is 0.864. The summed E-state index contributed by atoms with van der Waals surface area (Å²) in [5.41, 5.74) is 1.04. The Labute approximate surface area is 113 Å². The highest BCUT2D eigenvalue weighted by Crippen LogP contribution is 2.25. The van der Waals surface area contributed by atoms with E-state index in [-0.39, 0.29) is 0 Å². The number of rotatable bonds is 2. The van der Waals surface area contributed by atoms with Gasteiger partial charge in [-0.25, -0.2) is 9.97 Å². The van der Waals surface area contributed by atoms with Gasteiger partial charge in [-0.15, -0.1) is 0 Å². The molecule has 0 amide bonds. The third-order valence-corrected chi connectivity index (χ3v) is 3.86. The third-order valence-electron chi connectivity index (χ3n) is 2.50. The molecule has 0 unspecified atom stereocenters. The second kappa shape index (κ2) is 4.70. The van der Waals surface area contributed by atoms with Gasteiger partial charge in [0.15, 0.2) is 11.6 Å². The number of aromatic amines is 1. The summed E-state index contributed by atoms with van der Waals surface area (Å²) in [6, 6.07) is 0. The second-order valence-corrected chi connectivity index (χ2v) is 5.31. The number of hydrogen-bond acceptors (Lipinski definition) is 3. The minimum absolute atomic E-state index is 0.341. The molecular weight excluding hydrogens is 300 g/mol. The predicted octanol–water partition coefficient (Wildman–Crippen LogP) is 3.43. The van der Waals surface area contributed by atoms with Crippen LogP contribution in [0.2, 0.25) is 0 Å². The Morgan fingerprint density at radius 3 is 2.71 bits per heavy atom. The smallest absolute Gasteiger partial charge is 0.175 e. The standard InChI is InChI=1S/C11H13BrN4S/c1-6(2)8-7(12)11(17)15-9(14-8)10-13-4-5-16(10)3/h4-6H,1-3H3,(H,14,15,17). The summed E-state index contributed by atoms with van der Waals surface area (Å²) in [6.07, 6.45) is 3.62. The van der Waals surface area contributed by atoms with Gasteiger partial charge in [-0.3, -0.25) is 0 Å². The average Bonchev–Trinajstić information content (AvgIpc) is 2.68. The van der Waals surface area contributed by atoms with E-state index in [0.29, 0.717) is 16.4 Å². The Balaban J connectivity index is 2.66. The number of aromatic nitrogens is 4. The topological polar surface area (TPSA) is 46.5 Å². The normalized spacial score (nSPS) is 11.1. The molecule has 1 N–H and O–H groups in total. The Morgan fingerprint density at radius 1 is 1.47 bits per heavy atom. The predicted molar refractivity (Wildman–Crippen MR) is 73.4 cm³/mol. The molecular formula is C11H13BrN4S. The van der Waals surface area contributed by atoms with Crippen molar-refractivity contribution in [2.75, 3.05) is 0 Å². The lowest BCUT2D eigenvalue weighted by atomic mass is 10.1. The van der Waals surface area contributed by atoms with Crippen molar-refractivity contribution >= 4 is 28.1 Å². The van der Waals surface area contributed by atoms with Gasteiger partial charge in [-0.2, -0.15) is 0 Å². The first-order chi connectivity index (χ1) is 8.00. The zero-order chi connectivity index (χ0) is 12.6. The molecule has 0 aliphatic heterocycles. The van der Waals surface area contributed by atoms with Crippen LogP contribution in [-0.4, -0.2) is 19.5 Å². The maximum atomic E-state index is 5.25. The fraction of sp³-hybridized carbons (Fsp3) is 0.364. The Bertz CT molecular complexity index is 600. The summed E-state index contributed by atoms with van der Waals surface area (Å²) in [6.45, 7) is 4.21. The molecule has 90 valence electrons. The molecule has 17 heavy (non-hydrogen) atoms.